The highest BCUT2D eigenvalue weighted by Gasteiger charge is 1.97. The summed E-state index contributed by atoms with van der Waals surface area (Å²) in [5.41, 5.74) is 3.53. The van der Waals surface area contributed by atoms with E-state index in [1.807, 2.05) is 0 Å². The van der Waals surface area contributed by atoms with Gasteiger partial charge in [-0.1, -0.05) is 40.9 Å². The van der Waals surface area contributed by atoms with Crippen LogP contribution in [0.3, 0.4) is 0 Å². The maximum absolute atomic E-state index is 5.88. The highest BCUT2D eigenvalue weighted by molar-refractivity contribution is 6.42. The van der Waals surface area contributed by atoms with E-state index in [1.54, 1.807) is 36.5 Å². The van der Waals surface area contributed by atoms with Crippen molar-refractivity contribution in [2.45, 2.75) is 0 Å². The normalized spacial score (nSPS) is 10.8. The van der Waals surface area contributed by atoms with Crippen LogP contribution >= 0.6 is 34.8 Å². The van der Waals surface area contributed by atoms with E-state index in [2.05, 4.69) is 20.7 Å². The van der Waals surface area contributed by atoms with Crippen LogP contribution < -0.4 is 5.43 Å². The van der Waals surface area contributed by atoms with Crippen molar-refractivity contribution in [1.82, 2.24) is 10.2 Å². The molecule has 2 rings (SSSR count). The second-order valence-electron chi connectivity index (χ2n) is 3.28. The number of hydrogen-bond acceptors (Lipinski definition) is 4. The summed E-state index contributed by atoms with van der Waals surface area (Å²) in [7, 11) is 0. The molecule has 1 aromatic carbocycles. The van der Waals surface area contributed by atoms with Crippen molar-refractivity contribution in [3.05, 3.63) is 51.1 Å². The minimum absolute atomic E-state index is 0.328. The summed E-state index contributed by atoms with van der Waals surface area (Å²) in [6.07, 6.45) is 1.60. The Hall–Kier alpha value is -1.36. The van der Waals surface area contributed by atoms with Gasteiger partial charge in [-0.15, -0.1) is 10.2 Å². The van der Waals surface area contributed by atoms with Gasteiger partial charge in [0, 0.05) is 0 Å². The summed E-state index contributed by atoms with van der Waals surface area (Å²) >= 11 is 17.3. The van der Waals surface area contributed by atoms with Crippen molar-refractivity contribution in [2.24, 2.45) is 5.10 Å². The summed E-state index contributed by atoms with van der Waals surface area (Å²) in [6.45, 7) is 0. The monoisotopic (exact) mass is 300 g/mol. The second-order valence-corrected chi connectivity index (χ2v) is 4.49. The van der Waals surface area contributed by atoms with Crippen molar-refractivity contribution in [3.63, 3.8) is 0 Å². The summed E-state index contributed by atoms with van der Waals surface area (Å²) in [5.74, 6) is 0.496. The average molecular weight is 302 g/mol. The van der Waals surface area contributed by atoms with E-state index in [-0.39, 0.29) is 0 Å². The minimum atomic E-state index is 0.328. The molecule has 1 N–H and O–H groups in total. The molecular weight excluding hydrogens is 295 g/mol. The largest absolute Gasteiger partial charge is 0.260 e. The summed E-state index contributed by atoms with van der Waals surface area (Å²) < 4.78 is 0. The SMILES string of the molecule is Clc1ccc(N/N=C\c2ccc(Cl)c(Cl)c2)nn1. The summed E-state index contributed by atoms with van der Waals surface area (Å²) in [5, 5.41) is 12.8. The van der Waals surface area contributed by atoms with Crippen molar-refractivity contribution in [2.75, 3.05) is 5.43 Å². The quantitative estimate of drug-likeness (QED) is 0.691. The first-order chi connectivity index (χ1) is 8.65. The number of halogens is 3. The van der Waals surface area contributed by atoms with Crippen molar-refractivity contribution >= 4 is 46.8 Å². The molecule has 0 aliphatic rings. The number of nitrogens with zero attached hydrogens (tertiary/aromatic N) is 3. The van der Waals surface area contributed by atoms with E-state index in [1.165, 1.54) is 0 Å². The number of hydrogen-bond donors (Lipinski definition) is 1. The third kappa shape index (κ3) is 3.57. The molecule has 0 saturated heterocycles. The van der Waals surface area contributed by atoms with E-state index < -0.39 is 0 Å². The molecule has 18 heavy (non-hydrogen) atoms. The molecule has 7 heteroatoms. The standard InChI is InChI=1S/C11H7Cl3N4/c12-8-2-1-7(5-9(8)13)6-15-17-11-4-3-10(14)16-18-11/h1-6H,(H,17,18)/b15-6-. The molecule has 0 unspecified atom stereocenters. The molecule has 0 spiro atoms. The molecule has 0 radical (unpaired) electrons. The smallest absolute Gasteiger partial charge is 0.168 e. The lowest BCUT2D eigenvalue weighted by Crippen LogP contribution is -1.94. The molecule has 0 bridgehead atoms. The van der Waals surface area contributed by atoms with E-state index in [0.29, 0.717) is 21.0 Å². The fraction of sp³-hybridized carbons (Fsp3) is 0. The Kier molecular flexibility index (Phi) is 4.36. The van der Waals surface area contributed by atoms with Crippen LogP contribution in [0.4, 0.5) is 5.82 Å². The predicted molar refractivity (Wildman–Crippen MR) is 74.7 cm³/mol. The lowest BCUT2D eigenvalue weighted by Gasteiger charge is -1.99. The highest BCUT2D eigenvalue weighted by Crippen LogP contribution is 2.21. The Balaban J connectivity index is 2.02. The molecule has 92 valence electrons. The summed E-state index contributed by atoms with van der Waals surface area (Å²) in [6, 6.07) is 8.50. The zero-order valence-electron chi connectivity index (χ0n) is 8.94. The number of aromatic nitrogens is 2. The Bertz CT molecular complexity index is 569. The van der Waals surface area contributed by atoms with Crippen molar-refractivity contribution in [1.29, 1.82) is 0 Å². The first-order valence-corrected chi connectivity index (χ1v) is 6.02. The molecular formula is C11H7Cl3N4. The third-order valence-electron chi connectivity index (χ3n) is 1.97. The summed E-state index contributed by atoms with van der Waals surface area (Å²) in [4.78, 5) is 0. The Morgan fingerprint density at radius 1 is 1.00 bits per heavy atom. The Morgan fingerprint density at radius 3 is 2.50 bits per heavy atom. The molecule has 2 aromatic rings. The van der Waals surface area contributed by atoms with Gasteiger partial charge in [-0.05, 0) is 29.8 Å². The van der Waals surface area contributed by atoms with Crippen LogP contribution in [-0.4, -0.2) is 16.4 Å². The van der Waals surface area contributed by atoms with Crippen LogP contribution in [-0.2, 0) is 0 Å². The zero-order chi connectivity index (χ0) is 13.0. The number of nitrogens with one attached hydrogen (secondary N) is 1. The molecule has 4 nitrogen and oxygen atoms in total. The van der Waals surface area contributed by atoms with Crippen LogP contribution in [0.25, 0.3) is 0 Å². The van der Waals surface area contributed by atoms with Gasteiger partial charge in [0.1, 0.15) is 0 Å². The zero-order valence-corrected chi connectivity index (χ0v) is 11.2. The fourth-order valence-electron chi connectivity index (χ4n) is 1.14. The maximum atomic E-state index is 5.88. The van der Waals surface area contributed by atoms with Gasteiger partial charge in [-0.3, -0.25) is 5.43 Å². The Morgan fingerprint density at radius 2 is 1.83 bits per heavy atom. The highest BCUT2D eigenvalue weighted by atomic mass is 35.5. The van der Waals surface area contributed by atoms with Gasteiger partial charge < -0.3 is 0 Å². The van der Waals surface area contributed by atoms with Gasteiger partial charge in [0.25, 0.3) is 0 Å². The second kappa shape index (κ2) is 6.00. The van der Waals surface area contributed by atoms with Gasteiger partial charge in [0.2, 0.25) is 0 Å². The van der Waals surface area contributed by atoms with Crippen LogP contribution in [0.2, 0.25) is 15.2 Å². The van der Waals surface area contributed by atoms with Crippen LogP contribution in [0.1, 0.15) is 5.56 Å². The first kappa shape index (κ1) is 13.1. The van der Waals surface area contributed by atoms with Crippen LogP contribution in [0.5, 0.6) is 0 Å². The molecule has 0 aliphatic heterocycles. The van der Waals surface area contributed by atoms with Gasteiger partial charge in [0.15, 0.2) is 11.0 Å². The number of anilines is 1. The number of rotatable bonds is 3. The number of hydrazone groups is 1. The average Bonchev–Trinajstić information content (AvgIpc) is 2.36. The molecule has 0 aliphatic carbocycles. The molecule has 1 aromatic heterocycles. The third-order valence-corrected chi connectivity index (χ3v) is 2.91. The maximum Gasteiger partial charge on any atom is 0.168 e. The fourth-order valence-corrected chi connectivity index (χ4v) is 1.55. The number of benzene rings is 1. The van der Waals surface area contributed by atoms with E-state index in [4.69, 9.17) is 34.8 Å². The van der Waals surface area contributed by atoms with Gasteiger partial charge in [0.05, 0.1) is 16.3 Å². The molecule has 0 saturated carbocycles. The lowest BCUT2D eigenvalue weighted by atomic mass is 10.2. The molecule has 1 heterocycles. The van der Waals surface area contributed by atoms with E-state index >= 15 is 0 Å². The van der Waals surface area contributed by atoms with Gasteiger partial charge in [-0.2, -0.15) is 5.10 Å². The van der Waals surface area contributed by atoms with Gasteiger partial charge >= 0.3 is 0 Å². The Labute approximate surface area is 119 Å². The van der Waals surface area contributed by atoms with Gasteiger partial charge in [-0.25, -0.2) is 0 Å². The predicted octanol–water partition coefficient (Wildman–Crippen LogP) is 3.88. The van der Waals surface area contributed by atoms with Crippen LogP contribution in [0, 0.1) is 0 Å². The van der Waals surface area contributed by atoms with E-state index in [9.17, 15) is 0 Å². The molecule has 0 atom stereocenters. The first-order valence-electron chi connectivity index (χ1n) is 4.88. The van der Waals surface area contributed by atoms with Crippen molar-refractivity contribution in [3.8, 4) is 0 Å². The lowest BCUT2D eigenvalue weighted by molar-refractivity contribution is 1.02. The topological polar surface area (TPSA) is 50.2 Å². The molecule has 0 amide bonds. The van der Waals surface area contributed by atoms with Crippen molar-refractivity contribution < 1.29 is 0 Å². The minimum Gasteiger partial charge on any atom is -0.260 e. The van der Waals surface area contributed by atoms with E-state index in [0.717, 1.165) is 5.56 Å². The van der Waals surface area contributed by atoms with Crippen LogP contribution in [0.15, 0.2) is 35.4 Å². The molecule has 0 fully saturated rings.